The Morgan fingerprint density at radius 1 is 1.24 bits per heavy atom. The lowest BCUT2D eigenvalue weighted by atomic mass is 9.81. The number of carbonyl (C=O) groups is 1. The molecule has 1 N–H and O–H groups in total. The molecule has 2 atom stereocenters. The van der Waals surface area contributed by atoms with E-state index in [2.05, 4.69) is 0 Å². The molecule has 0 bridgehead atoms. The summed E-state index contributed by atoms with van der Waals surface area (Å²) in [6, 6.07) is 9.26. The molecule has 0 radical (unpaired) electrons. The summed E-state index contributed by atoms with van der Waals surface area (Å²) in [5.41, 5.74) is -0.0660. The van der Waals surface area contributed by atoms with E-state index < -0.39 is 5.60 Å². The van der Waals surface area contributed by atoms with Crippen LogP contribution in [0.2, 0.25) is 0 Å². The molecule has 2 heteroatoms. The highest BCUT2D eigenvalue weighted by molar-refractivity contribution is 5.97. The first-order valence-electron chi connectivity index (χ1n) is 6.16. The van der Waals surface area contributed by atoms with E-state index in [0.29, 0.717) is 6.42 Å². The van der Waals surface area contributed by atoms with Crippen LogP contribution in [0.1, 0.15) is 44.5 Å². The van der Waals surface area contributed by atoms with Crippen molar-refractivity contribution in [1.29, 1.82) is 0 Å². The Morgan fingerprint density at radius 2 is 1.76 bits per heavy atom. The number of rotatable bonds is 5. The van der Waals surface area contributed by atoms with Gasteiger partial charge in [-0.2, -0.15) is 0 Å². The first-order valence-corrected chi connectivity index (χ1v) is 6.16. The van der Waals surface area contributed by atoms with Gasteiger partial charge in [0.2, 0.25) is 0 Å². The number of carbonyl (C=O) groups excluding carboxylic acids is 1. The van der Waals surface area contributed by atoms with E-state index in [1.165, 1.54) is 0 Å². The number of benzene rings is 1. The largest absolute Gasteiger partial charge is 0.390 e. The highest BCUT2D eigenvalue weighted by Crippen LogP contribution is 2.26. The second-order valence-corrected chi connectivity index (χ2v) is 5.35. The van der Waals surface area contributed by atoms with Crippen molar-refractivity contribution in [2.24, 2.45) is 11.8 Å². The third kappa shape index (κ3) is 3.67. The maximum absolute atomic E-state index is 12.1. The molecule has 17 heavy (non-hydrogen) atoms. The minimum Gasteiger partial charge on any atom is -0.390 e. The van der Waals surface area contributed by atoms with E-state index in [-0.39, 0.29) is 17.6 Å². The van der Waals surface area contributed by atoms with Crippen LogP contribution in [0.15, 0.2) is 30.3 Å². The molecule has 0 fully saturated rings. The number of hydrogen-bond acceptors (Lipinski definition) is 2. The second kappa shape index (κ2) is 5.46. The van der Waals surface area contributed by atoms with Gasteiger partial charge in [0.15, 0.2) is 5.78 Å². The number of Topliss-reactive ketones (excluding diaryl/α,β-unsaturated/α-hetero) is 1. The maximum Gasteiger partial charge on any atom is 0.165 e. The molecular formula is C15H22O2. The zero-order valence-corrected chi connectivity index (χ0v) is 11.1. The lowest BCUT2D eigenvalue weighted by molar-refractivity contribution is -0.00567. The quantitative estimate of drug-likeness (QED) is 0.794. The summed E-state index contributed by atoms with van der Waals surface area (Å²) in [7, 11) is 0. The van der Waals surface area contributed by atoms with E-state index in [4.69, 9.17) is 0 Å². The Labute approximate surface area is 104 Å². The average Bonchev–Trinajstić information content (AvgIpc) is 2.28. The first kappa shape index (κ1) is 13.9. The molecule has 0 amide bonds. The highest BCUT2D eigenvalue weighted by atomic mass is 16.3. The Hall–Kier alpha value is -1.15. The van der Waals surface area contributed by atoms with Crippen LogP contribution in [0.5, 0.6) is 0 Å². The van der Waals surface area contributed by atoms with Crippen molar-refractivity contribution >= 4 is 5.78 Å². The fourth-order valence-corrected chi connectivity index (χ4v) is 1.84. The Bertz CT molecular complexity index is 366. The lowest BCUT2D eigenvalue weighted by Gasteiger charge is -2.30. The van der Waals surface area contributed by atoms with E-state index in [1.807, 2.05) is 51.1 Å². The Morgan fingerprint density at radius 3 is 2.24 bits per heavy atom. The minimum absolute atomic E-state index is 0.103. The summed E-state index contributed by atoms with van der Waals surface area (Å²) < 4.78 is 0. The van der Waals surface area contributed by atoms with Gasteiger partial charge in [0, 0.05) is 11.5 Å². The van der Waals surface area contributed by atoms with Crippen molar-refractivity contribution in [2.45, 2.75) is 39.7 Å². The van der Waals surface area contributed by atoms with Gasteiger partial charge in [0.25, 0.3) is 0 Å². The second-order valence-electron chi connectivity index (χ2n) is 5.35. The van der Waals surface area contributed by atoms with Gasteiger partial charge in [-0.3, -0.25) is 4.79 Å². The van der Waals surface area contributed by atoms with Crippen LogP contribution in [0.4, 0.5) is 0 Å². The molecule has 0 aromatic heterocycles. The van der Waals surface area contributed by atoms with Crippen LogP contribution >= 0.6 is 0 Å². The molecule has 0 spiro atoms. The summed E-state index contributed by atoms with van der Waals surface area (Å²) in [5, 5.41) is 10.2. The summed E-state index contributed by atoms with van der Waals surface area (Å²) in [6.07, 6.45) is 0.498. The van der Waals surface area contributed by atoms with Gasteiger partial charge < -0.3 is 5.11 Å². The van der Waals surface area contributed by atoms with E-state index in [9.17, 15) is 9.90 Å². The molecule has 0 aliphatic heterocycles. The number of hydrogen-bond donors (Lipinski definition) is 1. The van der Waals surface area contributed by atoms with Crippen LogP contribution in [0, 0.1) is 11.8 Å². The standard InChI is InChI=1S/C15H22O2/c1-11(2)15(4,17)10-12(3)14(16)13-8-6-5-7-9-13/h5-9,11-12,17H,10H2,1-4H3. The van der Waals surface area contributed by atoms with E-state index in [0.717, 1.165) is 5.56 Å². The van der Waals surface area contributed by atoms with Gasteiger partial charge in [-0.1, -0.05) is 51.1 Å². The van der Waals surface area contributed by atoms with Gasteiger partial charge >= 0.3 is 0 Å². The van der Waals surface area contributed by atoms with Crippen LogP contribution in [0.3, 0.4) is 0 Å². The third-order valence-electron chi connectivity index (χ3n) is 3.47. The van der Waals surface area contributed by atoms with Crippen molar-refractivity contribution in [3.63, 3.8) is 0 Å². The summed E-state index contributed by atoms with van der Waals surface area (Å²) in [5.74, 6) is 0.0925. The van der Waals surface area contributed by atoms with Crippen LogP contribution in [-0.4, -0.2) is 16.5 Å². The van der Waals surface area contributed by atoms with Gasteiger partial charge in [0.05, 0.1) is 5.60 Å². The predicted molar refractivity (Wildman–Crippen MR) is 70.0 cm³/mol. The molecule has 94 valence electrons. The van der Waals surface area contributed by atoms with E-state index >= 15 is 0 Å². The summed E-state index contributed by atoms with van der Waals surface area (Å²) in [4.78, 5) is 12.1. The normalized spacial score (nSPS) is 16.6. The topological polar surface area (TPSA) is 37.3 Å². The fourth-order valence-electron chi connectivity index (χ4n) is 1.84. The minimum atomic E-state index is -0.788. The molecule has 0 saturated heterocycles. The summed E-state index contributed by atoms with van der Waals surface area (Å²) >= 11 is 0. The highest BCUT2D eigenvalue weighted by Gasteiger charge is 2.30. The molecule has 2 nitrogen and oxygen atoms in total. The molecule has 0 saturated carbocycles. The van der Waals surface area contributed by atoms with Crippen LogP contribution in [-0.2, 0) is 0 Å². The molecule has 0 aliphatic rings. The predicted octanol–water partition coefficient (Wildman–Crippen LogP) is 3.30. The Balaban J connectivity index is 2.72. The molecule has 1 aromatic carbocycles. The monoisotopic (exact) mass is 234 g/mol. The van der Waals surface area contributed by atoms with Crippen molar-refractivity contribution < 1.29 is 9.90 Å². The number of ketones is 1. The molecule has 0 aliphatic carbocycles. The first-order chi connectivity index (χ1) is 7.84. The SMILES string of the molecule is CC(CC(C)(O)C(C)C)C(=O)c1ccccc1. The maximum atomic E-state index is 12.1. The lowest BCUT2D eigenvalue weighted by Crippen LogP contribution is -2.34. The van der Waals surface area contributed by atoms with Crippen LogP contribution < -0.4 is 0 Å². The Kier molecular flexibility index (Phi) is 4.47. The molecule has 2 unspecified atom stereocenters. The summed E-state index contributed by atoms with van der Waals surface area (Å²) in [6.45, 7) is 7.62. The molecular weight excluding hydrogens is 212 g/mol. The van der Waals surface area contributed by atoms with E-state index in [1.54, 1.807) is 6.92 Å². The van der Waals surface area contributed by atoms with Crippen molar-refractivity contribution in [3.05, 3.63) is 35.9 Å². The molecule has 0 heterocycles. The molecule has 1 rings (SSSR count). The molecule has 1 aromatic rings. The average molecular weight is 234 g/mol. The van der Waals surface area contributed by atoms with Gasteiger partial charge in [-0.05, 0) is 19.3 Å². The van der Waals surface area contributed by atoms with Crippen LogP contribution in [0.25, 0.3) is 0 Å². The number of aliphatic hydroxyl groups is 1. The van der Waals surface area contributed by atoms with Crippen molar-refractivity contribution in [2.75, 3.05) is 0 Å². The zero-order valence-electron chi connectivity index (χ0n) is 11.1. The van der Waals surface area contributed by atoms with Gasteiger partial charge in [-0.15, -0.1) is 0 Å². The van der Waals surface area contributed by atoms with Gasteiger partial charge in [0.1, 0.15) is 0 Å². The zero-order chi connectivity index (χ0) is 13.1. The third-order valence-corrected chi connectivity index (χ3v) is 3.47. The van der Waals surface area contributed by atoms with Crippen molar-refractivity contribution in [3.8, 4) is 0 Å². The fraction of sp³-hybridized carbons (Fsp3) is 0.533. The smallest absolute Gasteiger partial charge is 0.165 e. The van der Waals surface area contributed by atoms with Crippen molar-refractivity contribution in [1.82, 2.24) is 0 Å². The van der Waals surface area contributed by atoms with Gasteiger partial charge in [-0.25, -0.2) is 0 Å².